The lowest BCUT2D eigenvalue weighted by Gasteiger charge is -2.36. The van der Waals surface area contributed by atoms with Crippen LogP contribution in [0.1, 0.15) is 6.92 Å². The third kappa shape index (κ3) is 3.05. The van der Waals surface area contributed by atoms with E-state index in [1.54, 1.807) is 7.11 Å². The molecule has 0 radical (unpaired) electrons. The van der Waals surface area contributed by atoms with Crippen molar-refractivity contribution in [2.45, 2.75) is 13.0 Å². The molecule has 1 fully saturated rings. The summed E-state index contributed by atoms with van der Waals surface area (Å²) in [7, 11) is 1.69. The normalized spacial score (nSPS) is 17.7. The maximum atomic E-state index is 5.27. The van der Waals surface area contributed by atoms with Gasteiger partial charge in [-0.1, -0.05) is 18.2 Å². The minimum Gasteiger partial charge on any atom is -0.497 e. The molecule has 1 atom stereocenters. The highest BCUT2D eigenvalue weighted by Gasteiger charge is 2.21. The van der Waals surface area contributed by atoms with Crippen molar-refractivity contribution >= 4 is 16.6 Å². The van der Waals surface area contributed by atoms with Gasteiger partial charge >= 0.3 is 0 Å². The Morgan fingerprint density at radius 3 is 2.68 bits per heavy atom. The van der Waals surface area contributed by atoms with Gasteiger partial charge in [0.15, 0.2) is 0 Å². The first-order chi connectivity index (χ1) is 12.3. The molecular formula is C21H23N3O. The lowest BCUT2D eigenvalue weighted by Crippen LogP contribution is -2.50. The van der Waals surface area contributed by atoms with E-state index in [1.807, 2.05) is 12.1 Å². The van der Waals surface area contributed by atoms with Gasteiger partial charge in [0.25, 0.3) is 0 Å². The van der Waals surface area contributed by atoms with Gasteiger partial charge in [0.05, 0.1) is 18.3 Å². The molecule has 0 spiro atoms. The van der Waals surface area contributed by atoms with Gasteiger partial charge in [-0.15, -0.1) is 0 Å². The molecule has 0 aliphatic carbocycles. The van der Waals surface area contributed by atoms with Crippen molar-refractivity contribution in [2.75, 3.05) is 31.6 Å². The molecule has 4 heteroatoms. The van der Waals surface area contributed by atoms with Crippen LogP contribution in [0, 0.1) is 0 Å². The van der Waals surface area contributed by atoms with Crippen LogP contribution in [0.4, 0.5) is 5.69 Å². The smallest absolute Gasteiger partial charge is 0.118 e. The number of benzene rings is 2. The Hall–Kier alpha value is -2.59. The van der Waals surface area contributed by atoms with Crippen LogP contribution in [0.25, 0.3) is 22.2 Å². The zero-order valence-corrected chi connectivity index (χ0v) is 14.7. The molecule has 4 nitrogen and oxygen atoms in total. The molecule has 0 amide bonds. The van der Waals surface area contributed by atoms with Crippen LogP contribution in [0.2, 0.25) is 0 Å². The molecule has 3 aromatic rings. The number of hydrogen-bond donors (Lipinski definition) is 1. The second kappa shape index (κ2) is 6.73. The fraction of sp³-hybridized carbons (Fsp3) is 0.286. The minimum absolute atomic E-state index is 0.461. The maximum absolute atomic E-state index is 5.27. The van der Waals surface area contributed by atoms with Crippen molar-refractivity contribution in [3.05, 3.63) is 54.6 Å². The number of pyridine rings is 1. The number of rotatable bonds is 3. The summed E-state index contributed by atoms with van der Waals surface area (Å²) < 4.78 is 5.27. The number of nitrogens with zero attached hydrogens (tertiary/aromatic N) is 2. The van der Waals surface area contributed by atoms with Crippen LogP contribution in [0.3, 0.4) is 0 Å². The van der Waals surface area contributed by atoms with Crippen molar-refractivity contribution < 1.29 is 4.74 Å². The molecule has 25 heavy (non-hydrogen) atoms. The Labute approximate surface area is 148 Å². The van der Waals surface area contributed by atoms with E-state index in [9.17, 15) is 0 Å². The molecule has 4 rings (SSSR count). The number of nitrogens with one attached hydrogen (secondary N) is 1. The summed E-state index contributed by atoms with van der Waals surface area (Å²) in [5.74, 6) is 0.862. The fourth-order valence-corrected chi connectivity index (χ4v) is 3.50. The second-order valence-corrected chi connectivity index (χ2v) is 6.52. The van der Waals surface area contributed by atoms with Crippen LogP contribution >= 0.6 is 0 Å². The summed E-state index contributed by atoms with van der Waals surface area (Å²) in [6.07, 6.45) is 0. The van der Waals surface area contributed by atoms with Crippen molar-refractivity contribution in [3.8, 4) is 17.0 Å². The third-order valence-corrected chi connectivity index (χ3v) is 4.89. The van der Waals surface area contributed by atoms with Crippen molar-refractivity contribution in [3.63, 3.8) is 0 Å². The summed E-state index contributed by atoms with van der Waals surface area (Å²) in [6, 6.07) is 19.2. The molecule has 1 aliphatic heterocycles. The molecule has 2 heterocycles. The highest BCUT2D eigenvalue weighted by atomic mass is 16.5. The second-order valence-electron chi connectivity index (χ2n) is 6.52. The standard InChI is InChI=1S/C21H23N3O/c1-15-14-22-11-12-24(15)21-13-20(16-7-9-17(25-2)10-8-16)23-19-6-4-3-5-18(19)21/h3-10,13,15,22H,11-12,14H2,1-2H3. The molecule has 1 N–H and O–H groups in total. The minimum atomic E-state index is 0.461. The lowest BCUT2D eigenvalue weighted by atomic mass is 10.0. The topological polar surface area (TPSA) is 37.4 Å². The number of para-hydroxylation sites is 1. The van der Waals surface area contributed by atoms with Gasteiger partial charge in [-0.05, 0) is 43.3 Å². The summed E-state index contributed by atoms with van der Waals surface area (Å²) in [4.78, 5) is 7.39. The van der Waals surface area contributed by atoms with Gasteiger partial charge in [-0.3, -0.25) is 0 Å². The van der Waals surface area contributed by atoms with E-state index in [-0.39, 0.29) is 0 Å². The Balaban J connectivity index is 1.85. The third-order valence-electron chi connectivity index (χ3n) is 4.89. The van der Waals surface area contributed by atoms with Gasteiger partial charge in [-0.25, -0.2) is 4.98 Å². The number of piperazine rings is 1. The average molecular weight is 333 g/mol. The molecule has 1 unspecified atom stereocenters. The summed E-state index contributed by atoms with van der Waals surface area (Å²) in [6.45, 7) is 5.30. The van der Waals surface area contributed by atoms with Crippen LogP contribution < -0.4 is 15.0 Å². The van der Waals surface area contributed by atoms with Gasteiger partial charge < -0.3 is 15.0 Å². The highest BCUT2D eigenvalue weighted by Crippen LogP contribution is 2.32. The molecular weight excluding hydrogens is 310 g/mol. The molecule has 0 saturated carbocycles. The maximum Gasteiger partial charge on any atom is 0.118 e. The van der Waals surface area contributed by atoms with E-state index in [4.69, 9.17) is 9.72 Å². The monoisotopic (exact) mass is 333 g/mol. The Morgan fingerprint density at radius 1 is 1.12 bits per heavy atom. The predicted molar refractivity (Wildman–Crippen MR) is 103 cm³/mol. The number of fused-ring (bicyclic) bond motifs is 1. The molecule has 1 saturated heterocycles. The van der Waals surface area contributed by atoms with E-state index in [0.717, 1.165) is 42.2 Å². The van der Waals surface area contributed by atoms with Gasteiger partial charge in [0.2, 0.25) is 0 Å². The van der Waals surface area contributed by atoms with Crippen LogP contribution in [0.15, 0.2) is 54.6 Å². The number of ether oxygens (including phenoxy) is 1. The van der Waals surface area contributed by atoms with E-state index < -0.39 is 0 Å². The highest BCUT2D eigenvalue weighted by molar-refractivity contribution is 5.94. The van der Waals surface area contributed by atoms with Crippen LogP contribution in [0.5, 0.6) is 5.75 Å². The summed E-state index contributed by atoms with van der Waals surface area (Å²) in [5, 5.41) is 4.69. The molecule has 1 aliphatic rings. The van der Waals surface area contributed by atoms with Gasteiger partial charge in [0.1, 0.15) is 5.75 Å². The molecule has 128 valence electrons. The first-order valence-electron chi connectivity index (χ1n) is 8.78. The zero-order valence-electron chi connectivity index (χ0n) is 14.7. The number of methoxy groups -OCH3 is 1. The summed E-state index contributed by atoms with van der Waals surface area (Å²) >= 11 is 0. The quantitative estimate of drug-likeness (QED) is 0.793. The molecule has 2 aromatic carbocycles. The average Bonchev–Trinajstić information content (AvgIpc) is 2.68. The number of aromatic nitrogens is 1. The Morgan fingerprint density at radius 2 is 1.92 bits per heavy atom. The number of hydrogen-bond acceptors (Lipinski definition) is 4. The van der Waals surface area contributed by atoms with Crippen molar-refractivity contribution in [1.29, 1.82) is 0 Å². The van der Waals surface area contributed by atoms with Gasteiger partial charge in [0, 0.05) is 42.3 Å². The van der Waals surface area contributed by atoms with E-state index in [2.05, 4.69) is 59.6 Å². The Bertz CT molecular complexity index is 876. The van der Waals surface area contributed by atoms with E-state index in [0.29, 0.717) is 6.04 Å². The largest absolute Gasteiger partial charge is 0.497 e. The fourth-order valence-electron chi connectivity index (χ4n) is 3.50. The first-order valence-corrected chi connectivity index (χ1v) is 8.78. The number of anilines is 1. The zero-order chi connectivity index (χ0) is 17.2. The van der Waals surface area contributed by atoms with Crippen LogP contribution in [-0.2, 0) is 0 Å². The molecule has 0 bridgehead atoms. The first kappa shape index (κ1) is 15.9. The predicted octanol–water partition coefficient (Wildman–Crippen LogP) is 3.71. The van der Waals surface area contributed by atoms with Crippen LogP contribution in [-0.4, -0.2) is 37.8 Å². The summed E-state index contributed by atoms with van der Waals surface area (Å²) in [5.41, 5.74) is 4.42. The van der Waals surface area contributed by atoms with Crippen molar-refractivity contribution in [1.82, 2.24) is 10.3 Å². The Kier molecular flexibility index (Phi) is 4.28. The van der Waals surface area contributed by atoms with Crippen molar-refractivity contribution in [2.24, 2.45) is 0 Å². The van der Waals surface area contributed by atoms with Gasteiger partial charge in [-0.2, -0.15) is 0 Å². The lowest BCUT2D eigenvalue weighted by molar-refractivity contribution is 0.415. The van der Waals surface area contributed by atoms with E-state index in [1.165, 1.54) is 11.1 Å². The van der Waals surface area contributed by atoms with E-state index >= 15 is 0 Å². The SMILES string of the molecule is COc1ccc(-c2cc(N3CCNCC3C)c3ccccc3n2)cc1. The molecule has 1 aromatic heterocycles.